The summed E-state index contributed by atoms with van der Waals surface area (Å²) in [6, 6.07) is 9.39. The highest BCUT2D eigenvalue weighted by molar-refractivity contribution is 6.00. The smallest absolute Gasteiger partial charge is 0.254 e. The third kappa shape index (κ3) is 2.74. The largest absolute Gasteiger partial charge is 0.335 e. The Hall–Kier alpha value is -2.47. The molecule has 1 aromatic carbocycles. The van der Waals surface area contributed by atoms with Gasteiger partial charge in [-0.15, -0.1) is 0 Å². The van der Waals surface area contributed by atoms with E-state index in [0.717, 1.165) is 23.9 Å². The second kappa shape index (κ2) is 6.36. The van der Waals surface area contributed by atoms with Gasteiger partial charge >= 0.3 is 0 Å². The predicted octanol–water partition coefficient (Wildman–Crippen LogP) is 1.61. The number of pyridine rings is 1. The molecule has 0 bridgehead atoms. The van der Waals surface area contributed by atoms with Crippen LogP contribution >= 0.6 is 0 Å². The van der Waals surface area contributed by atoms with Crippen LogP contribution in [0.15, 0.2) is 36.5 Å². The standard InChI is InChI=1S/C20H24N4O2/c1-13-19(25)24-11-16(22(2)3)10-17(24)12-23(13)20(26)15-6-7-18-14(9-15)5-4-8-21-18/h4-9,13,16-17H,10-12H2,1-3H3/t13-,16-,17-/m0/s1. The zero-order valence-corrected chi connectivity index (χ0v) is 15.4. The van der Waals surface area contributed by atoms with E-state index in [1.165, 1.54) is 0 Å². The van der Waals surface area contributed by atoms with Crippen LogP contribution in [0.2, 0.25) is 0 Å². The minimum Gasteiger partial charge on any atom is -0.335 e. The normalized spacial score (nSPS) is 25.8. The number of nitrogens with zero attached hydrogens (tertiary/aromatic N) is 4. The van der Waals surface area contributed by atoms with Gasteiger partial charge in [-0.2, -0.15) is 0 Å². The molecular formula is C20H24N4O2. The van der Waals surface area contributed by atoms with Crippen molar-refractivity contribution in [3.63, 3.8) is 0 Å². The number of piperazine rings is 1. The van der Waals surface area contributed by atoms with Crippen molar-refractivity contribution in [3.8, 4) is 0 Å². The fourth-order valence-electron chi connectivity index (χ4n) is 4.10. The third-order valence-electron chi connectivity index (χ3n) is 5.75. The van der Waals surface area contributed by atoms with E-state index in [-0.39, 0.29) is 17.9 Å². The lowest BCUT2D eigenvalue weighted by Crippen LogP contribution is -2.60. The molecule has 26 heavy (non-hydrogen) atoms. The molecule has 6 heteroatoms. The van der Waals surface area contributed by atoms with Crippen molar-refractivity contribution in [1.82, 2.24) is 19.7 Å². The number of likely N-dealkylation sites (N-methyl/N-ethyl adjacent to an activating group) is 1. The van der Waals surface area contributed by atoms with Gasteiger partial charge in [0.2, 0.25) is 5.91 Å². The average Bonchev–Trinajstić information content (AvgIpc) is 3.08. The second-order valence-electron chi connectivity index (χ2n) is 7.54. The zero-order chi connectivity index (χ0) is 18.4. The molecule has 2 aliphatic rings. The zero-order valence-electron chi connectivity index (χ0n) is 15.4. The van der Waals surface area contributed by atoms with Gasteiger partial charge in [0.15, 0.2) is 0 Å². The lowest BCUT2D eigenvalue weighted by Gasteiger charge is -2.41. The average molecular weight is 352 g/mol. The Morgan fingerprint density at radius 1 is 1.23 bits per heavy atom. The molecule has 2 amide bonds. The van der Waals surface area contributed by atoms with Crippen molar-refractivity contribution < 1.29 is 9.59 Å². The van der Waals surface area contributed by atoms with E-state index in [0.29, 0.717) is 18.2 Å². The Bertz CT molecular complexity index is 866. The summed E-state index contributed by atoms with van der Waals surface area (Å²) in [7, 11) is 4.09. The molecular weight excluding hydrogens is 328 g/mol. The van der Waals surface area contributed by atoms with Gasteiger partial charge in [0.1, 0.15) is 6.04 Å². The highest BCUT2D eigenvalue weighted by Gasteiger charge is 2.45. The van der Waals surface area contributed by atoms with Crippen molar-refractivity contribution in [1.29, 1.82) is 0 Å². The first kappa shape index (κ1) is 17.0. The van der Waals surface area contributed by atoms with Gasteiger partial charge in [0, 0.05) is 36.3 Å². The number of benzene rings is 1. The predicted molar refractivity (Wildman–Crippen MR) is 99.8 cm³/mol. The van der Waals surface area contributed by atoms with Gasteiger partial charge in [-0.1, -0.05) is 6.07 Å². The first-order valence-electron chi connectivity index (χ1n) is 9.08. The van der Waals surface area contributed by atoms with Crippen molar-refractivity contribution in [2.24, 2.45) is 0 Å². The van der Waals surface area contributed by atoms with Crippen molar-refractivity contribution in [2.75, 3.05) is 27.2 Å². The van der Waals surface area contributed by atoms with E-state index in [1.807, 2.05) is 50.2 Å². The van der Waals surface area contributed by atoms with E-state index < -0.39 is 6.04 Å². The molecule has 4 rings (SSSR count). The molecule has 1 aromatic heterocycles. The summed E-state index contributed by atoms with van der Waals surface area (Å²) >= 11 is 0. The summed E-state index contributed by atoms with van der Waals surface area (Å²) in [5, 5.41) is 0.935. The molecule has 2 saturated heterocycles. The van der Waals surface area contributed by atoms with Crippen LogP contribution in [0.25, 0.3) is 10.9 Å². The summed E-state index contributed by atoms with van der Waals surface area (Å²) in [6.07, 6.45) is 2.65. The highest BCUT2D eigenvalue weighted by Crippen LogP contribution is 2.29. The summed E-state index contributed by atoms with van der Waals surface area (Å²) in [6.45, 7) is 3.19. The third-order valence-corrected chi connectivity index (χ3v) is 5.75. The van der Waals surface area contributed by atoms with E-state index in [9.17, 15) is 9.59 Å². The van der Waals surface area contributed by atoms with Gasteiger partial charge in [-0.05, 0) is 51.7 Å². The Morgan fingerprint density at radius 2 is 2.04 bits per heavy atom. The fourth-order valence-corrected chi connectivity index (χ4v) is 4.10. The van der Waals surface area contributed by atoms with Crippen LogP contribution in [-0.2, 0) is 4.79 Å². The topological polar surface area (TPSA) is 56.8 Å². The number of amides is 2. The maximum Gasteiger partial charge on any atom is 0.254 e. The molecule has 6 nitrogen and oxygen atoms in total. The number of hydrogen-bond donors (Lipinski definition) is 0. The molecule has 3 heterocycles. The number of carbonyl (C=O) groups excluding carboxylic acids is 2. The molecule has 0 saturated carbocycles. The number of fused-ring (bicyclic) bond motifs is 2. The monoisotopic (exact) mass is 352 g/mol. The Labute approximate surface area is 153 Å². The molecule has 2 fully saturated rings. The first-order valence-corrected chi connectivity index (χ1v) is 9.08. The van der Waals surface area contributed by atoms with Crippen molar-refractivity contribution in [3.05, 3.63) is 42.1 Å². The number of hydrogen-bond acceptors (Lipinski definition) is 4. The maximum absolute atomic E-state index is 13.1. The van der Waals surface area contributed by atoms with E-state index in [2.05, 4.69) is 9.88 Å². The maximum atomic E-state index is 13.1. The van der Waals surface area contributed by atoms with Crippen LogP contribution in [0.3, 0.4) is 0 Å². The van der Waals surface area contributed by atoms with E-state index >= 15 is 0 Å². The van der Waals surface area contributed by atoms with Crippen LogP contribution in [0.1, 0.15) is 23.7 Å². The fraction of sp³-hybridized carbons (Fsp3) is 0.450. The van der Waals surface area contributed by atoms with Gasteiger partial charge in [0.25, 0.3) is 5.91 Å². The number of aromatic nitrogens is 1. The van der Waals surface area contributed by atoms with Gasteiger partial charge < -0.3 is 14.7 Å². The van der Waals surface area contributed by atoms with E-state index in [1.54, 1.807) is 17.2 Å². The van der Waals surface area contributed by atoms with Gasteiger partial charge in [0.05, 0.1) is 11.6 Å². The molecule has 0 aliphatic carbocycles. The number of rotatable bonds is 2. The molecule has 0 spiro atoms. The van der Waals surface area contributed by atoms with Crippen molar-refractivity contribution >= 4 is 22.7 Å². The molecule has 0 radical (unpaired) electrons. The Kier molecular flexibility index (Phi) is 4.15. The lowest BCUT2D eigenvalue weighted by atomic mass is 10.0. The Balaban J connectivity index is 1.60. The second-order valence-corrected chi connectivity index (χ2v) is 7.54. The van der Waals surface area contributed by atoms with Gasteiger partial charge in [-0.3, -0.25) is 14.6 Å². The highest BCUT2D eigenvalue weighted by atomic mass is 16.2. The minimum absolute atomic E-state index is 0.0569. The minimum atomic E-state index is -0.427. The van der Waals surface area contributed by atoms with E-state index in [4.69, 9.17) is 0 Å². The number of carbonyl (C=O) groups is 2. The SMILES string of the molecule is C[C@H]1C(=O)N2C[C@@H](N(C)C)C[C@H]2CN1C(=O)c1ccc2ncccc2c1. The quantitative estimate of drug-likeness (QED) is 0.824. The van der Waals surface area contributed by atoms with Crippen LogP contribution in [0.4, 0.5) is 0 Å². The van der Waals surface area contributed by atoms with Crippen LogP contribution < -0.4 is 0 Å². The summed E-state index contributed by atoms with van der Waals surface area (Å²) < 4.78 is 0. The lowest BCUT2D eigenvalue weighted by molar-refractivity contribution is -0.141. The molecule has 0 unspecified atom stereocenters. The van der Waals surface area contributed by atoms with Crippen LogP contribution in [0, 0.1) is 0 Å². The summed E-state index contributed by atoms with van der Waals surface area (Å²) in [5.74, 6) is -0.0223. The molecule has 3 atom stereocenters. The summed E-state index contributed by atoms with van der Waals surface area (Å²) in [4.78, 5) is 36.1. The summed E-state index contributed by atoms with van der Waals surface area (Å²) in [5.41, 5.74) is 1.48. The van der Waals surface area contributed by atoms with Crippen LogP contribution in [-0.4, -0.2) is 76.8 Å². The Morgan fingerprint density at radius 3 is 2.81 bits per heavy atom. The molecule has 0 N–H and O–H groups in total. The molecule has 2 aromatic rings. The van der Waals surface area contributed by atoms with Gasteiger partial charge in [-0.25, -0.2) is 0 Å². The molecule has 136 valence electrons. The van der Waals surface area contributed by atoms with Crippen LogP contribution in [0.5, 0.6) is 0 Å². The van der Waals surface area contributed by atoms with Crippen molar-refractivity contribution in [2.45, 2.75) is 31.5 Å². The molecule has 2 aliphatic heterocycles. The first-order chi connectivity index (χ1) is 12.5.